The van der Waals surface area contributed by atoms with Crippen LogP contribution in [0, 0.1) is 5.82 Å². The summed E-state index contributed by atoms with van der Waals surface area (Å²) in [6, 6.07) is 11.8. The van der Waals surface area contributed by atoms with E-state index in [0.717, 1.165) is 5.75 Å². The summed E-state index contributed by atoms with van der Waals surface area (Å²) >= 11 is 7.26. The molecule has 1 amide bonds. The topological polar surface area (TPSA) is 47.6 Å². The van der Waals surface area contributed by atoms with Gasteiger partial charge in [0.1, 0.15) is 23.9 Å². The minimum atomic E-state index is -0.353. The molecule has 134 valence electrons. The number of carbonyl (C=O) groups is 1. The maximum Gasteiger partial charge on any atom is 0.230 e. The van der Waals surface area contributed by atoms with Crippen LogP contribution >= 0.6 is 23.4 Å². The molecule has 0 spiro atoms. The van der Waals surface area contributed by atoms with Crippen molar-refractivity contribution in [3.63, 3.8) is 0 Å². The first kappa shape index (κ1) is 19.4. The van der Waals surface area contributed by atoms with E-state index in [9.17, 15) is 9.18 Å². The number of thioether (sulfide) groups is 1. The third-order valence-electron chi connectivity index (χ3n) is 3.29. The highest BCUT2D eigenvalue weighted by Gasteiger charge is 2.08. The Bertz CT molecular complexity index is 677. The average Bonchev–Trinajstić information content (AvgIpc) is 2.62. The van der Waals surface area contributed by atoms with E-state index in [0.29, 0.717) is 35.2 Å². The monoisotopic (exact) mass is 383 g/mol. The fourth-order valence-electron chi connectivity index (χ4n) is 2.00. The fraction of sp³-hybridized carbons (Fsp3) is 0.278. The number of nitrogens with one attached hydrogen (secondary N) is 1. The SMILES string of the molecule is COc1ccc(OCCNC(=O)CSCc2c(F)cccc2Cl)cc1. The molecule has 7 heteroatoms. The summed E-state index contributed by atoms with van der Waals surface area (Å²) in [5, 5.41) is 3.13. The largest absolute Gasteiger partial charge is 0.497 e. The summed E-state index contributed by atoms with van der Waals surface area (Å²) in [4.78, 5) is 11.8. The second kappa shape index (κ2) is 10.2. The third-order valence-corrected chi connectivity index (χ3v) is 4.61. The van der Waals surface area contributed by atoms with Crippen molar-refractivity contribution in [1.82, 2.24) is 5.32 Å². The van der Waals surface area contributed by atoms with Crippen LogP contribution in [0.2, 0.25) is 5.02 Å². The second-order valence-electron chi connectivity index (χ2n) is 5.07. The van der Waals surface area contributed by atoms with E-state index in [4.69, 9.17) is 21.1 Å². The zero-order valence-corrected chi connectivity index (χ0v) is 15.3. The van der Waals surface area contributed by atoms with E-state index in [1.54, 1.807) is 43.5 Å². The molecule has 0 aromatic heterocycles. The molecule has 0 saturated heterocycles. The Morgan fingerprint density at radius 3 is 2.60 bits per heavy atom. The van der Waals surface area contributed by atoms with Gasteiger partial charge in [-0.3, -0.25) is 4.79 Å². The molecule has 0 aliphatic carbocycles. The highest BCUT2D eigenvalue weighted by molar-refractivity contribution is 7.99. The Hall–Kier alpha value is -1.92. The molecule has 0 heterocycles. The number of carbonyl (C=O) groups excluding carboxylic acids is 1. The molecule has 0 saturated carbocycles. The Balaban J connectivity index is 1.62. The molecular weight excluding hydrogens is 365 g/mol. The fourth-order valence-corrected chi connectivity index (χ4v) is 3.19. The van der Waals surface area contributed by atoms with Crippen molar-refractivity contribution >= 4 is 29.3 Å². The summed E-state index contributed by atoms with van der Waals surface area (Å²) in [6.07, 6.45) is 0. The molecule has 0 bridgehead atoms. The lowest BCUT2D eigenvalue weighted by atomic mass is 10.2. The molecule has 2 rings (SSSR count). The van der Waals surface area contributed by atoms with Gasteiger partial charge in [-0.15, -0.1) is 11.8 Å². The molecule has 0 aliphatic heterocycles. The minimum Gasteiger partial charge on any atom is -0.497 e. The van der Waals surface area contributed by atoms with Gasteiger partial charge in [0.2, 0.25) is 5.91 Å². The van der Waals surface area contributed by atoms with Gasteiger partial charge in [0.25, 0.3) is 0 Å². The van der Waals surface area contributed by atoms with Crippen LogP contribution in [0.3, 0.4) is 0 Å². The standard InChI is InChI=1S/C18H19ClFNO3S/c1-23-13-5-7-14(8-6-13)24-10-9-21-18(22)12-25-11-15-16(19)3-2-4-17(15)20/h2-8H,9-12H2,1H3,(H,21,22). The van der Waals surface area contributed by atoms with Gasteiger partial charge in [-0.05, 0) is 36.4 Å². The van der Waals surface area contributed by atoms with Crippen LogP contribution in [-0.4, -0.2) is 31.9 Å². The van der Waals surface area contributed by atoms with Gasteiger partial charge in [0.15, 0.2) is 0 Å². The van der Waals surface area contributed by atoms with Crippen molar-refractivity contribution < 1.29 is 18.7 Å². The van der Waals surface area contributed by atoms with Crippen LogP contribution in [0.15, 0.2) is 42.5 Å². The van der Waals surface area contributed by atoms with Gasteiger partial charge in [-0.2, -0.15) is 0 Å². The molecule has 25 heavy (non-hydrogen) atoms. The summed E-state index contributed by atoms with van der Waals surface area (Å²) in [5.74, 6) is 1.56. The van der Waals surface area contributed by atoms with E-state index in [1.165, 1.54) is 17.8 Å². The number of methoxy groups -OCH3 is 1. The Kier molecular flexibility index (Phi) is 7.88. The third kappa shape index (κ3) is 6.48. The summed E-state index contributed by atoms with van der Waals surface area (Å²) in [7, 11) is 1.60. The van der Waals surface area contributed by atoms with Crippen LogP contribution in [0.25, 0.3) is 0 Å². The lowest BCUT2D eigenvalue weighted by Crippen LogP contribution is -2.29. The summed E-state index contributed by atoms with van der Waals surface area (Å²) in [5.41, 5.74) is 0.421. The van der Waals surface area contributed by atoms with E-state index < -0.39 is 0 Å². The Morgan fingerprint density at radius 1 is 1.20 bits per heavy atom. The number of rotatable bonds is 9. The number of hydrogen-bond acceptors (Lipinski definition) is 4. The molecule has 2 aromatic carbocycles. The van der Waals surface area contributed by atoms with Crippen molar-refractivity contribution in [3.05, 3.63) is 58.9 Å². The number of benzene rings is 2. The van der Waals surface area contributed by atoms with E-state index >= 15 is 0 Å². The van der Waals surface area contributed by atoms with Crippen LogP contribution < -0.4 is 14.8 Å². The lowest BCUT2D eigenvalue weighted by molar-refractivity contribution is -0.118. The molecule has 0 aliphatic rings. The first-order chi connectivity index (χ1) is 12.1. The predicted octanol–water partition coefficient (Wildman–Crippen LogP) is 3.92. The van der Waals surface area contributed by atoms with Crippen molar-refractivity contribution in [1.29, 1.82) is 0 Å². The van der Waals surface area contributed by atoms with Crippen LogP contribution in [0.4, 0.5) is 4.39 Å². The van der Waals surface area contributed by atoms with E-state index in [1.807, 2.05) is 0 Å². The first-order valence-corrected chi connectivity index (χ1v) is 9.17. The number of halogens is 2. The summed E-state index contributed by atoms with van der Waals surface area (Å²) in [6.45, 7) is 0.758. The Labute approximate surface area is 155 Å². The normalized spacial score (nSPS) is 10.4. The maximum atomic E-state index is 13.6. The smallest absolute Gasteiger partial charge is 0.230 e. The van der Waals surface area contributed by atoms with Crippen LogP contribution in [0.1, 0.15) is 5.56 Å². The van der Waals surface area contributed by atoms with Gasteiger partial charge in [-0.1, -0.05) is 17.7 Å². The highest BCUT2D eigenvalue weighted by atomic mass is 35.5. The zero-order valence-electron chi connectivity index (χ0n) is 13.8. The minimum absolute atomic E-state index is 0.129. The van der Waals surface area contributed by atoms with Gasteiger partial charge < -0.3 is 14.8 Å². The molecule has 1 N–H and O–H groups in total. The lowest BCUT2D eigenvalue weighted by Gasteiger charge is -2.09. The number of amides is 1. The second-order valence-corrected chi connectivity index (χ2v) is 6.46. The predicted molar refractivity (Wildman–Crippen MR) is 99.1 cm³/mol. The molecule has 0 atom stereocenters. The molecule has 4 nitrogen and oxygen atoms in total. The molecule has 0 radical (unpaired) electrons. The highest BCUT2D eigenvalue weighted by Crippen LogP contribution is 2.23. The number of ether oxygens (including phenoxy) is 2. The summed E-state index contributed by atoms with van der Waals surface area (Å²) < 4.78 is 24.2. The molecule has 0 unspecified atom stereocenters. The zero-order chi connectivity index (χ0) is 18.1. The van der Waals surface area contributed by atoms with Gasteiger partial charge in [0, 0.05) is 16.3 Å². The van der Waals surface area contributed by atoms with Crippen molar-refractivity contribution in [2.75, 3.05) is 26.0 Å². The van der Waals surface area contributed by atoms with Gasteiger partial charge in [-0.25, -0.2) is 4.39 Å². The van der Waals surface area contributed by atoms with Crippen molar-refractivity contribution in [3.8, 4) is 11.5 Å². The van der Waals surface area contributed by atoms with Gasteiger partial charge in [0.05, 0.1) is 19.4 Å². The van der Waals surface area contributed by atoms with Crippen molar-refractivity contribution in [2.45, 2.75) is 5.75 Å². The first-order valence-electron chi connectivity index (χ1n) is 7.64. The van der Waals surface area contributed by atoms with Crippen LogP contribution in [0.5, 0.6) is 11.5 Å². The average molecular weight is 384 g/mol. The van der Waals surface area contributed by atoms with Crippen LogP contribution in [-0.2, 0) is 10.5 Å². The van der Waals surface area contributed by atoms with Crippen molar-refractivity contribution in [2.24, 2.45) is 0 Å². The van der Waals surface area contributed by atoms with E-state index in [2.05, 4.69) is 5.32 Å². The molecule has 2 aromatic rings. The van der Waals surface area contributed by atoms with E-state index in [-0.39, 0.29) is 17.5 Å². The maximum absolute atomic E-state index is 13.6. The number of hydrogen-bond donors (Lipinski definition) is 1. The molecular formula is C18H19ClFNO3S. The Morgan fingerprint density at radius 2 is 1.92 bits per heavy atom. The quantitative estimate of drug-likeness (QED) is 0.667. The molecule has 0 fully saturated rings. The van der Waals surface area contributed by atoms with Gasteiger partial charge >= 0.3 is 0 Å².